The summed E-state index contributed by atoms with van der Waals surface area (Å²) < 4.78 is 15.9. The number of ether oxygens (including phenoxy) is 2. The van der Waals surface area contributed by atoms with Gasteiger partial charge in [-0.2, -0.15) is 0 Å². The Morgan fingerprint density at radius 1 is 1.27 bits per heavy atom. The van der Waals surface area contributed by atoms with Gasteiger partial charge in [0.25, 0.3) is 5.91 Å². The Kier molecular flexibility index (Phi) is 5.78. The van der Waals surface area contributed by atoms with Gasteiger partial charge in [0.05, 0.1) is 13.7 Å². The van der Waals surface area contributed by atoms with Crippen LogP contribution in [-0.4, -0.2) is 51.0 Å². The number of hydrogen-bond donors (Lipinski definition) is 1. The molecule has 1 N–H and O–H groups in total. The first-order valence-electron chi connectivity index (χ1n) is 8.83. The third-order valence-corrected chi connectivity index (χ3v) is 4.45. The van der Waals surface area contributed by atoms with Gasteiger partial charge in [-0.05, 0) is 44.0 Å². The van der Waals surface area contributed by atoms with E-state index in [-0.39, 0.29) is 11.9 Å². The van der Waals surface area contributed by atoms with Gasteiger partial charge >= 0.3 is 0 Å². The minimum absolute atomic E-state index is 0.113. The fraction of sp³-hybridized carbons (Fsp3) is 0.474. The van der Waals surface area contributed by atoms with Crippen molar-refractivity contribution in [3.8, 4) is 17.1 Å². The van der Waals surface area contributed by atoms with E-state index in [0.717, 1.165) is 37.2 Å². The van der Waals surface area contributed by atoms with Crippen LogP contribution in [0.1, 0.15) is 30.1 Å². The molecule has 0 spiro atoms. The summed E-state index contributed by atoms with van der Waals surface area (Å²) in [5.74, 6) is 1.61. The SMILES string of the molecule is COC[C@H](C)NC(=O)c1c(N2CCCC2)noc1-c1ccc(OC)cc1. The van der Waals surface area contributed by atoms with Gasteiger partial charge in [-0.25, -0.2) is 0 Å². The zero-order valence-corrected chi connectivity index (χ0v) is 15.4. The van der Waals surface area contributed by atoms with Crippen molar-refractivity contribution in [2.75, 3.05) is 38.8 Å². The molecular formula is C19H25N3O4. The molecule has 1 atom stereocenters. The van der Waals surface area contributed by atoms with E-state index in [4.69, 9.17) is 14.0 Å². The van der Waals surface area contributed by atoms with E-state index >= 15 is 0 Å². The van der Waals surface area contributed by atoms with Crippen molar-refractivity contribution in [3.63, 3.8) is 0 Å². The Morgan fingerprint density at radius 3 is 2.58 bits per heavy atom. The molecule has 1 aromatic carbocycles. The molecule has 0 radical (unpaired) electrons. The van der Waals surface area contributed by atoms with Gasteiger partial charge < -0.3 is 24.2 Å². The number of nitrogens with zero attached hydrogens (tertiary/aromatic N) is 2. The molecule has 7 heteroatoms. The van der Waals surface area contributed by atoms with Crippen LogP contribution in [-0.2, 0) is 4.74 Å². The zero-order chi connectivity index (χ0) is 18.5. The molecule has 1 aliphatic rings. The van der Waals surface area contributed by atoms with Crippen LogP contribution < -0.4 is 15.0 Å². The molecule has 2 heterocycles. The fourth-order valence-electron chi connectivity index (χ4n) is 3.16. The van der Waals surface area contributed by atoms with Crippen molar-refractivity contribution in [2.45, 2.75) is 25.8 Å². The normalized spacial score (nSPS) is 15.1. The first-order chi connectivity index (χ1) is 12.6. The first kappa shape index (κ1) is 18.3. The third-order valence-electron chi connectivity index (χ3n) is 4.45. The lowest BCUT2D eigenvalue weighted by Crippen LogP contribution is -2.36. The van der Waals surface area contributed by atoms with E-state index < -0.39 is 0 Å². The summed E-state index contributed by atoms with van der Waals surface area (Å²) in [6.45, 7) is 4.09. The van der Waals surface area contributed by atoms with Crippen LogP contribution in [0.3, 0.4) is 0 Å². The van der Waals surface area contributed by atoms with E-state index in [9.17, 15) is 4.79 Å². The second kappa shape index (κ2) is 8.23. The summed E-state index contributed by atoms with van der Waals surface area (Å²) in [5.41, 5.74) is 1.26. The second-order valence-electron chi connectivity index (χ2n) is 6.46. The highest BCUT2D eigenvalue weighted by molar-refractivity contribution is 6.04. The van der Waals surface area contributed by atoms with E-state index in [1.165, 1.54) is 0 Å². The van der Waals surface area contributed by atoms with Crippen LogP contribution in [0.25, 0.3) is 11.3 Å². The molecule has 0 unspecified atom stereocenters. The molecule has 26 heavy (non-hydrogen) atoms. The molecule has 140 valence electrons. The molecule has 0 saturated carbocycles. The van der Waals surface area contributed by atoms with Crippen molar-refractivity contribution < 1.29 is 18.8 Å². The average molecular weight is 359 g/mol. The first-order valence-corrected chi connectivity index (χ1v) is 8.83. The maximum absolute atomic E-state index is 13.0. The maximum Gasteiger partial charge on any atom is 0.259 e. The van der Waals surface area contributed by atoms with E-state index in [0.29, 0.717) is 23.7 Å². The maximum atomic E-state index is 13.0. The second-order valence-corrected chi connectivity index (χ2v) is 6.46. The van der Waals surface area contributed by atoms with Crippen molar-refractivity contribution in [1.82, 2.24) is 10.5 Å². The van der Waals surface area contributed by atoms with Crippen LogP contribution in [0.2, 0.25) is 0 Å². The van der Waals surface area contributed by atoms with Crippen LogP contribution in [0.5, 0.6) is 5.75 Å². The minimum atomic E-state index is -0.205. The number of anilines is 1. The summed E-state index contributed by atoms with van der Waals surface area (Å²) in [7, 11) is 3.23. The highest BCUT2D eigenvalue weighted by Crippen LogP contribution is 2.33. The molecule has 0 bridgehead atoms. The monoisotopic (exact) mass is 359 g/mol. The van der Waals surface area contributed by atoms with Crippen molar-refractivity contribution >= 4 is 11.7 Å². The Hall–Kier alpha value is -2.54. The number of hydrogen-bond acceptors (Lipinski definition) is 6. The summed E-state index contributed by atoms with van der Waals surface area (Å²) in [5, 5.41) is 7.18. The fourth-order valence-corrected chi connectivity index (χ4v) is 3.16. The number of carbonyl (C=O) groups excluding carboxylic acids is 1. The molecule has 1 amide bonds. The van der Waals surface area contributed by atoms with Crippen LogP contribution >= 0.6 is 0 Å². The number of methoxy groups -OCH3 is 2. The molecule has 1 fully saturated rings. The van der Waals surface area contributed by atoms with E-state index in [1.54, 1.807) is 14.2 Å². The summed E-state index contributed by atoms with van der Waals surface area (Å²) in [4.78, 5) is 15.1. The number of amides is 1. The van der Waals surface area contributed by atoms with Crippen LogP contribution in [0.15, 0.2) is 28.8 Å². The standard InChI is InChI=1S/C19H25N3O4/c1-13(12-24-2)20-19(23)16-17(14-6-8-15(25-3)9-7-14)26-21-18(16)22-10-4-5-11-22/h6-9,13H,4-5,10-12H2,1-3H3,(H,20,23)/t13-/m0/s1. The third kappa shape index (κ3) is 3.83. The molecule has 1 saturated heterocycles. The Balaban J connectivity index is 1.96. The summed E-state index contributed by atoms with van der Waals surface area (Å²) in [6.07, 6.45) is 2.18. The quantitative estimate of drug-likeness (QED) is 0.819. The molecule has 7 nitrogen and oxygen atoms in total. The van der Waals surface area contributed by atoms with Gasteiger partial charge in [0.15, 0.2) is 11.6 Å². The van der Waals surface area contributed by atoms with Gasteiger partial charge in [-0.15, -0.1) is 0 Å². The molecule has 1 aliphatic heterocycles. The molecule has 2 aromatic rings. The average Bonchev–Trinajstić information content (AvgIpc) is 3.31. The molecule has 3 rings (SSSR count). The van der Waals surface area contributed by atoms with Gasteiger partial charge in [0.1, 0.15) is 11.3 Å². The van der Waals surface area contributed by atoms with Crippen LogP contribution in [0, 0.1) is 0 Å². The Labute approximate surface area is 153 Å². The topological polar surface area (TPSA) is 76.8 Å². The molecule has 1 aromatic heterocycles. The predicted molar refractivity (Wildman–Crippen MR) is 98.7 cm³/mol. The van der Waals surface area contributed by atoms with Crippen molar-refractivity contribution in [3.05, 3.63) is 29.8 Å². The van der Waals surface area contributed by atoms with Crippen LogP contribution in [0.4, 0.5) is 5.82 Å². The lowest BCUT2D eigenvalue weighted by Gasteiger charge is -2.17. The lowest BCUT2D eigenvalue weighted by molar-refractivity contribution is 0.0906. The molecule has 0 aliphatic carbocycles. The highest BCUT2D eigenvalue weighted by Gasteiger charge is 2.29. The number of aromatic nitrogens is 1. The minimum Gasteiger partial charge on any atom is -0.497 e. The summed E-state index contributed by atoms with van der Waals surface area (Å²) in [6, 6.07) is 7.29. The van der Waals surface area contributed by atoms with Gasteiger partial charge in [0.2, 0.25) is 0 Å². The highest BCUT2D eigenvalue weighted by atomic mass is 16.5. The van der Waals surface area contributed by atoms with E-state index in [1.807, 2.05) is 31.2 Å². The van der Waals surface area contributed by atoms with Gasteiger partial charge in [-0.1, -0.05) is 5.16 Å². The number of benzene rings is 1. The number of carbonyl (C=O) groups is 1. The number of nitrogens with one attached hydrogen (secondary N) is 1. The smallest absolute Gasteiger partial charge is 0.259 e. The summed E-state index contributed by atoms with van der Waals surface area (Å²) >= 11 is 0. The Bertz CT molecular complexity index is 736. The Morgan fingerprint density at radius 2 is 1.96 bits per heavy atom. The van der Waals surface area contributed by atoms with Gasteiger partial charge in [0, 0.05) is 31.8 Å². The van der Waals surface area contributed by atoms with Gasteiger partial charge in [-0.3, -0.25) is 4.79 Å². The van der Waals surface area contributed by atoms with Crippen molar-refractivity contribution in [1.29, 1.82) is 0 Å². The lowest BCUT2D eigenvalue weighted by atomic mass is 10.1. The number of rotatable bonds is 7. The van der Waals surface area contributed by atoms with Crippen molar-refractivity contribution in [2.24, 2.45) is 0 Å². The van der Waals surface area contributed by atoms with E-state index in [2.05, 4.69) is 15.4 Å². The molecular weight excluding hydrogens is 334 g/mol. The zero-order valence-electron chi connectivity index (χ0n) is 15.4. The predicted octanol–water partition coefficient (Wildman–Crippen LogP) is 2.72. The largest absolute Gasteiger partial charge is 0.497 e.